The van der Waals surface area contributed by atoms with Crippen LogP contribution < -0.4 is 10.6 Å². The van der Waals surface area contributed by atoms with Gasteiger partial charge in [0.05, 0.1) is 0 Å². The molecule has 0 saturated heterocycles. The van der Waals surface area contributed by atoms with Crippen LogP contribution in [0.3, 0.4) is 0 Å². The summed E-state index contributed by atoms with van der Waals surface area (Å²) in [6.07, 6.45) is 0.541. The summed E-state index contributed by atoms with van der Waals surface area (Å²) in [5.74, 6) is -1.79. The van der Waals surface area contributed by atoms with Crippen molar-refractivity contribution in [2.75, 3.05) is 6.54 Å². The number of urea groups is 1. The Morgan fingerprint density at radius 2 is 1.55 bits per heavy atom. The van der Waals surface area contributed by atoms with Crippen molar-refractivity contribution in [2.45, 2.75) is 46.5 Å². The number of imide groups is 1. The minimum Gasteiger partial charge on any atom is -0.338 e. The second kappa shape index (κ2) is 9.25. The van der Waals surface area contributed by atoms with Crippen molar-refractivity contribution in [2.24, 2.45) is 5.92 Å². The molecule has 1 saturated carbocycles. The first-order valence-electron chi connectivity index (χ1n) is 10.5. The van der Waals surface area contributed by atoms with Crippen LogP contribution in [0.5, 0.6) is 0 Å². The van der Waals surface area contributed by atoms with Crippen LogP contribution in [0.25, 0.3) is 0 Å². The normalized spacial score (nSPS) is 18.2. The average molecular weight is 421 g/mol. The lowest BCUT2D eigenvalue weighted by molar-refractivity contribution is -0.124. The zero-order chi connectivity index (χ0) is 22.7. The van der Waals surface area contributed by atoms with E-state index in [9.17, 15) is 19.2 Å². The first-order chi connectivity index (χ1) is 14.7. The van der Waals surface area contributed by atoms with Gasteiger partial charge in [0.2, 0.25) is 0 Å². The fraction of sp³-hybridized carbons (Fsp3) is 0.360. The number of Topliss-reactive ketones (excluding diaryl/α,β-unsaturated/α-hetero) is 2. The summed E-state index contributed by atoms with van der Waals surface area (Å²) >= 11 is 0. The first kappa shape index (κ1) is 22.4. The van der Waals surface area contributed by atoms with Gasteiger partial charge in [0.1, 0.15) is 11.7 Å². The minimum atomic E-state index is -0.720. The van der Waals surface area contributed by atoms with Gasteiger partial charge >= 0.3 is 6.03 Å². The molecule has 6 heteroatoms. The predicted molar refractivity (Wildman–Crippen MR) is 118 cm³/mol. The van der Waals surface area contributed by atoms with Crippen LogP contribution in [-0.2, 0) is 9.59 Å². The maximum Gasteiger partial charge on any atom is 0.321 e. The molecule has 1 aliphatic rings. The Bertz CT molecular complexity index is 1020. The number of hydrogen-bond donors (Lipinski definition) is 2. The Morgan fingerprint density at radius 3 is 2.16 bits per heavy atom. The Morgan fingerprint density at radius 1 is 0.935 bits per heavy atom. The van der Waals surface area contributed by atoms with Crippen molar-refractivity contribution in [3.63, 3.8) is 0 Å². The van der Waals surface area contributed by atoms with Gasteiger partial charge in [-0.25, -0.2) is 4.79 Å². The highest BCUT2D eigenvalue weighted by Gasteiger charge is 2.42. The second-order valence-electron chi connectivity index (χ2n) is 8.38. The topological polar surface area (TPSA) is 92.3 Å². The number of hydrogen-bond acceptors (Lipinski definition) is 4. The molecule has 2 atom stereocenters. The molecule has 3 rings (SSSR count). The van der Waals surface area contributed by atoms with E-state index in [1.54, 1.807) is 24.3 Å². The van der Waals surface area contributed by atoms with E-state index in [4.69, 9.17) is 0 Å². The fourth-order valence-corrected chi connectivity index (χ4v) is 4.33. The zero-order valence-electron chi connectivity index (χ0n) is 18.4. The molecule has 3 amide bonds. The van der Waals surface area contributed by atoms with Gasteiger partial charge in [-0.05, 0) is 62.9 Å². The van der Waals surface area contributed by atoms with Crippen molar-refractivity contribution < 1.29 is 19.2 Å². The largest absolute Gasteiger partial charge is 0.338 e. The van der Waals surface area contributed by atoms with Gasteiger partial charge < -0.3 is 5.32 Å². The van der Waals surface area contributed by atoms with Gasteiger partial charge in [0.25, 0.3) is 5.91 Å². The highest BCUT2D eigenvalue weighted by molar-refractivity contribution is 6.15. The number of carbonyl (C=O) groups is 4. The molecule has 0 aromatic heterocycles. The number of amides is 3. The van der Waals surface area contributed by atoms with E-state index in [2.05, 4.69) is 10.6 Å². The van der Waals surface area contributed by atoms with E-state index >= 15 is 0 Å². The Balaban J connectivity index is 1.55. The maximum absolute atomic E-state index is 13.0. The summed E-state index contributed by atoms with van der Waals surface area (Å²) in [6.45, 7) is 7.97. The molecule has 1 aliphatic carbocycles. The van der Waals surface area contributed by atoms with Crippen LogP contribution >= 0.6 is 0 Å². The zero-order valence-corrected chi connectivity index (χ0v) is 18.4. The number of benzene rings is 2. The van der Waals surface area contributed by atoms with E-state index in [1.165, 1.54) is 0 Å². The van der Waals surface area contributed by atoms with Crippen LogP contribution in [0.15, 0.2) is 36.4 Å². The van der Waals surface area contributed by atoms with E-state index in [1.807, 2.05) is 39.8 Å². The van der Waals surface area contributed by atoms with Gasteiger partial charge in [-0.1, -0.05) is 35.4 Å². The fourth-order valence-electron chi connectivity index (χ4n) is 4.33. The maximum atomic E-state index is 13.0. The SMILES string of the molecule is Cc1ccc(C(=O)NC(=O)NCCC2CC(=O)C(c3c(C)cc(C)cc3C)C2=O)cc1. The summed E-state index contributed by atoms with van der Waals surface area (Å²) < 4.78 is 0. The molecule has 0 bridgehead atoms. The van der Waals surface area contributed by atoms with E-state index in [0.29, 0.717) is 12.0 Å². The lowest BCUT2D eigenvalue weighted by atomic mass is 9.86. The molecule has 1 fully saturated rings. The summed E-state index contributed by atoms with van der Waals surface area (Å²) in [7, 11) is 0. The molecular weight excluding hydrogens is 392 g/mol. The number of ketones is 2. The van der Waals surface area contributed by atoms with Crippen molar-refractivity contribution in [1.82, 2.24) is 10.6 Å². The standard InChI is InChI=1S/C25H28N2O4/c1-14-5-7-18(8-6-14)24(30)27-25(31)26-10-9-19-13-20(28)22(23(19)29)21-16(3)11-15(2)12-17(21)4/h5-8,11-12,19,22H,9-10,13H2,1-4H3,(H2,26,27,30,31). The quantitative estimate of drug-likeness (QED) is 0.722. The van der Waals surface area contributed by atoms with Crippen molar-refractivity contribution in [3.8, 4) is 0 Å². The molecule has 0 radical (unpaired) electrons. The van der Waals surface area contributed by atoms with Crippen molar-refractivity contribution >= 4 is 23.5 Å². The van der Waals surface area contributed by atoms with Gasteiger partial charge in [-0.3, -0.25) is 19.7 Å². The third-order valence-electron chi connectivity index (χ3n) is 5.80. The number of aryl methyl sites for hydroxylation is 4. The van der Waals surface area contributed by atoms with Gasteiger partial charge in [-0.15, -0.1) is 0 Å². The van der Waals surface area contributed by atoms with Gasteiger partial charge in [-0.2, -0.15) is 0 Å². The van der Waals surface area contributed by atoms with Crippen LogP contribution in [-0.4, -0.2) is 30.0 Å². The third-order valence-corrected chi connectivity index (χ3v) is 5.80. The first-order valence-corrected chi connectivity index (χ1v) is 10.5. The summed E-state index contributed by atoms with van der Waals surface area (Å²) in [6, 6.07) is 10.3. The molecule has 2 unspecified atom stereocenters. The molecule has 31 heavy (non-hydrogen) atoms. The molecule has 0 spiro atoms. The van der Waals surface area contributed by atoms with Crippen LogP contribution in [0.2, 0.25) is 0 Å². The Labute approximate surface area is 182 Å². The van der Waals surface area contributed by atoms with E-state index in [-0.39, 0.29) is 24.5 Å². The Kier molecular flexibility index (Phi) is 6.68. The molecule has 6 nitrogen and oxygen atoms in total. The molecule has 0 heterocycles. The average Bonchev–Trinajstić information content (AvgIpc) is 2.95. The smallest absolute Gasteiger partial charge is 0.321 e. The number of rotatable bonds is 5. The summed E-state index contributed by atoms with van der Waals surface area (Å²) in [5.41, 5.74) is 5.24. The summed E-state index contributed by atoms with van der Waals surface area (Å²) in [5, 5.41) is 4.88. The highest BCUT2D eigenvalue weighted by atomic mass is 16.2. The van der Waals surface area contributed by atoms with E-state index < -0.39 is 23.8 Å². The summed E-state index contributed by atoms with van der Waals surface area (Å²) in [4.78, 5) is 49.7. The van der Waals surface area contributed by atoms with Gasteiger partial charge in [0.15, 0.2) is 5.78 Å². The number of carbonyl (C=O) groups excluding carboxylic acids is 4. The van der Waals surface area contributed by atoms with Crippen LogP contribution in [0.4, 0.5) is 4.79 Å². The van der Waals surface area contributed by atoms with Crippen LogP contribution in [0.1, 0.15) is 56.9 Å². The predicted octanol–water partition coefficient (Wildman–Crippen LogP) is 3.69. The monoisotopic (exact) mass is 420 g/mol. The third kappa shape index (κ3) is 5.08. The van der Waals surface area contributed by atoms with E-state index in [0.717, 1.165) is 27.8 Å². The molecule has 162 valence electrons. The van der Waals surface area contributed by atoms with Crippen molar-refractivity contribution in [1.29, 1.82) is 0 Å². The molecule has 2 aromatic carbocycles. The lowest BCUT2D eigenvalue weighted by Gasteiger charge is -2.16. The minimum absolute atomic E-state index is 0.0657. The number of nitrogens with one attached hydrogen (secondary N) is 2. The lowest BCUT2D eigenvalue weighted by Crippen LogP contribution is -2.40. The molecule has 0 aliphatic heterocycles. The second-order valence-corrected chi connectivity index (χ2v) is 8.38. The van der Waals surface area contributed by atoms with Gasteiger partial charge in [0, 0.05) is 24.4 Å². The highest BCUT2D eigenvalue weighted by Crippen LogP contribution is 2.37. The Hall–Kier alpha value is -3.28. The van der Waals surface area contributed by atoms with Crippen molar-refractivity contribution in [3.05, 3.63) is 69.8 Å². The van der Waals surface area contributed by atoms with Crippen LogP contribution in [0, 0.1) is 33.6 Å². The molecular formula is C25H28N2O4. The molecule has 2 aromatic rings. The molecule has 2 N–H and O–H groups in total.